The van der Waals surface area contributed by atoms with E-state index in [-0.39, 0.29) is 0 Å². The maximum absolute atomic E-state index is 4.55. The van der Waals surface area contributed by atoms with E-state index in [0.717, 1.165) is 30.1 Å². The van der Waals surface area contributed by atoms with Crippen LogP contribution in [0, 0.1) is 13.8 Å². The molecule has 0 radical (unpaired) electrons. The molecule has 0 fully saturated rings. The lowest BCUT2D eigenvalue weighted by Gasteiger charge is -2.05. The van der Waals surface area contributed by atoms with E-state index in [1.54, 1.807) is 0 Å². The third-order valence-electron chi connectivity index (χ3n) is 3.37. The second-order valence-electron chi connectivity index (χ2n) is 4.70. The van der Waals surface area contributed by atoms with Crippen LogP contribution in [0.2, 0.25) is 0 Å². The van der Waals surface area contributed by atoms with Gasteiger partial charge in [-0.1, -0.05) is 6.07 Å². The number of fused-ring (bicyclic) bond motifs is 1. The highest BCUT2D eigenvalue weighted by Crippen LogP contribution is 2.11. The minimum Gasteiger partial charge on any atom is -0.307 e. The molecule has 0 bridgehead atoms. The Kier molecular flexibility index (Phi) is 3.05. The number of aromatic nitrogens is 4. The molecule has 5 nitrogen and oxygen atoms in total. The number of pyridine rings is 1. The highest BCUT2D eigenvalue weighted by Gasteiger charge is 2.07. The molecule has 3 rings (SSSR count). The number of aromatic amines is 1. The van der Waals surface area contributed by atoms with Gasteiger partial charge in [-0.2, -0.15) is 5.10 Å². The van der Waals surface area contributed by atoms with Gasteiger partial charge in [0, 0.05) is 30.5 Å². The highest BCUT2D eigenvalue weighted by atomic mass is 15.1. The fourth-order valence-corrected chi connectivity index (χ4v) is 2.25. The van der Waals surface area contributed by atoms with E-state index in [2.05, 4.69) is 31.1 Å². The summed E-state index contributed by atoms with van der Waals surface area (Å²) in [5.74, 6) is 0. The molecule has 0 unspecified atom stereocenters. The van der Waals surface area contributed by atoms with Crippen LogP contribution in [0.1, 0.15) is 22.6 Å². The van der Waals surface area contributed by atoms with E-state index >= 15 is 0 Å². The van der Waals surface area contributed by atoms with Crippen LogP contribution < -0.4 is 5.32 Å². The number of hydrogen-bond donors (Lipinski definition) is 2. The third-order valence-corrected chi connectivity index (χ3v) is 3.37. The molecule has 0 saturated carbocycles. The average molecular weight is 255 g/mol. The fraction of sp³-hybridized carbons (Fsp3) is 0.286. The van der Waals surface area contributed by atoms with Gasteiger partial charge in [0.25, 0.3) is 0 Å². The number of aryl methyl sites for hydroxylation is 2. The molecule has 3 heterocycles. The predicted molar refractivity (Wildman–Crippen MR) is 73.8 cm³/mol. The molecule has 3 aromatic heterocycles. The molecule has 0 spiro atoms. The van der Waals surface area contributed by atoms with Crippen LogP contribution in [-0.4, -0.2) is 19.6 Å². The van der Waals surface area contributed by atoms with Crippen molar-refractivity contribution in [1.82, 2.24) is 24.9 Å². The number of H-pyrrole nitrogens is 1. The summed E-state index contributed by atoms with van der Waals surface area (Å²) in [6.07, 6.45) is 3.92. The molecule has 0 saturated heterocycles. The van der Waals surface area contributed by atoms with E-state index in [1.165, 1.54) is 11.3 Å². The van der Waals surface area contributed by atoms with Crippen molar-refractivity contribution in [2.45, 2.75) is 26.9 Å². The Balaban J connectivity index is 1.75. The van der Waals surface area contributed by atoms with Crippen molar-refractivity contribution in [2.75, 3.05) is 0 Å². The van der Waals surface area contributed by atoms with Crippen LogP contribution in [0.3, 0.4) is 0 Å². The molecule has 0 aliphatic heterocycles. The number of rotatable bonds is 4. The Labute approximate surface area is 111 Å². The molecule has 2 N–H and O–H groups in total. The second-order valence-corrected chi connectivity index (χ2v) is 4.70. The molecule has 0 amide bonds. The Morgan fingerprint density at radius 2 is 2.16 bits per heavy atom. The van der Waals surface area contributed by atoms with Crippen molar-refractivity contribution < 1.29 is 0 Å². The lowest BCUT2D eigenvalue weighted by atomic mass is 10.2. The van der Waals surface area contributed by atoms with Gasteiger partial charge in [-0.05, 0) is 26.0 Å². The van der Waals surface area contributed by atoms with Crippen LogP contribution in [0.4, 0.5) is 0 Å². The first-order chi connectivity index (χ1) is 9.25. The van der Waals surface area contributed by atoms with Crippen molar-refractivity contribution in [1.29, 1.82) is 0 Å². The van der Waals surface area contributed by atoms with Crippen molar-refractivity contribution in [3.63, 3.8) is 0 Å². The van der Waals surface area contributed by atoms with E-state index in [9.17, 15) is 0 Å². The van der Waals surface area contributed by atoms with Crippen LogP contribution in [-0.2, 0) is 13.1 Å². The molecule has 3 aromatic rings. The SMILES string of the molecule is Cc1nc2ccccn2c1CNCc1cn[nH]c1C. The molecule has 0 aliphatic rings. The van der Waals surface area contributed by atoms with Crippen molar-refractivity contribution in [2.24, 2.45) is 0 Å². The van der Waals surface area contributed by atoms with Gasteiger partial charge in [0.2, 0.25) is 0 Å². The summed E-state index contributed by atoms with van der Waals surface area (Å²) < 4.78 is 2.13. The molecule has 5 heteroatoms. The van der Waals surface area contributed by atoms with E-state index in [4.69, 9.17) is 0 Å². The van der Waals surface area contributed by atoms with Gasteiger partial charge in [0.15, 0.2) is 0 Å². The maximum Gasteiger partial charge on any atom is 0.137 e. The van der Waals surface area contributed by atoms with Crippen LogP contribution in [0.25, 0.3) is 5.65 Å². The number of imidazole rings is 1. The lowest BCUT2D eigenvalue weighted by molar-refractivity contribution is 0.670. The molecule has 98 valence electrons. The lowest BCUT2D eigenvalue weighted by Crippen LogP contribution is -2.15. The van der Waals surface area contributed by atoms with Gasteiger partial charge in [0.05, 0.1) is 17.6 Å². The largest absolute Gasteiger partial charge is 0.307 e. The molecule has 0 aromatic carbocycles. The first-order valence-electron chi connectivity index (χ1n) is 6.38. The standard InChI is InChI=1S/C14H17N5/c1-10-12(8-16-18-10)7-15-9-13-11(2)17-14-5-3-4-6-19(13)14/h3-6,8,15H,7,9H2,1-2H3,(H,16,18). The summed E-state index contributed by atoms with van der Waals surface area (Å²) >= 11 is 0. The van der Waals surface area contributed by atoms with Crippen molar-refractivity contribution >= 4 is 5.65 Å². The van der Waals surface area contributed by atoms with E-state index < -0.39 is 0 Å². The number of hydrogen-bond acceptors (Lipinski definition) is 3. The maximum atomic E-state index is 4.55. The summed E-state index contributed by atoms with van der Waals surface area (Å²) in [6.45, 7) is 5.68. The zero-order chi connectivity index (χ0) is 13.2. The van der Waals surface area contributed by atoms with Gasteiger partial charge >= 0.3 is 0 Å². The van der Waals surface area contributed by atoms with Gasteiger partial charge < -0.3 is 9.72 Å². The van der Waals surface area contributed by atoms with E-state index in [1.807, 2.05) is 38.2 Å². The van der Waals surface area contributed by atoms with Crippen molar-refractivity contribution in [3.8, 4) is 0 Å². The predicted octanol–water partition coefficient (Wildman–Crippen LogP) is 1.96. The van der Waals surface area contributed by atoms with Gasteiger partial charge in [-0.25, -0.2) is 4.98 Å². The molecule has 0 aliphatic carbocycles. The summed E-state index contributed by atoms with van der Waals surface area (Å²) in [4.78, 5) is 4.55. The third kappa shape index (κ3) is 2.24. The highest BCUT2D eigenvalue weighted by molar-refractivity contribution is 5.42. The summed E-state index contributed by atoms with van der Waals surface area (Å²) in [7, 11) is 0. The topological polar surface area (TPSA) is 58.0 Å². The minimum absolute atomic E-state index is 0.793. The van der Waals surface area contributed by atoms with Gasteiger partial charge in [0.1, 0.15) is 5.65 Å². The Bertz CT molecular complexity index is 695. The first-order valence-corrected chi connectivity index (χ1v) is 6.38. The Morgan fingerprint density at radius 1 is 1.26 bits per heavy atom. The molecule has 19 heavy (non-hydrogen) atoms. The Hall–Kier alpha value is -2.14. The molecule has 0 atom stereocenters. The first kappa shape index (κ1) is 11.9. The zero-order valence-electron chi connectivity index (χ0n) is 11.1. The normalized spacial score (nSPS) is 11.3. The molecular weight excluding hydrogens is 238 g/mol. The smallest absolute Gasteiger partial charge is 0.137 e. The van der Waals surface area contributed by atoms with Crippen LogP contribution >= 0.6 is 0 Å². The Morgan fingerprint density at radius 3 is 2.95 bits per heavy atom. The summed E-state index contributed by atoms with van der Waals surface area (Å²) in [5.41, 5.74) is 5.59. The average Bonchev–Trinajstić information content (AvgIpc) is 2.94. The van der Waals surface area contributed by atoms with E-state index in [0.29, 0.717) is 0 Å². The fourth-order valence-electron chi connectivity index (χ4n) is 2.25. The van der Waals surface area contributed by atoms with Crippen LogP contribution in [0.15, 0.2) is 30.6 Å². The van der Waals surface area contributed by atoms with Crippen LogP contribution in [0.5, 0.6) is 0 Å². The minimum atomic E-state index is 0.793. The number of nitrogens with zero attached hydrogens (tertiary/aromatic N) is 3. The quantitative estimate of drug-likeness (QED) is 0.749. The van der Waals surface area contributed by atoms with Crippen molar-refractivity contribution in [3.05, 3.63) is 53.2 Å². The van der Waals surface area contributed by atoms with Gasteiger partial charge in [-0.3, -0.25) is 5.10 Å². The second kappa shape index (κ2) is 4.85. The monoisotopic (exact) mass is 255 g/mol. The number of nitrogens with one attached hydrogen (secondary N) is 2. The molecular formula is C14H17N5. The van der Waals surface area contributed by atoms with Gasteiger partial charge in [-0.15, -0.1) is 0 Å². The summed E-state index contributed by atoms with van der Waals surface area (Å²) in [6, 6.07) is 6.06. The zero-order valence-corrected chi connectivity index (χ0v) is 11.1. The summed E-state index contributed by atoms with van der Waals surface area (Å²) in [5, 5.41) is 10.4.